The van der Waals surface area contributed by atoms with Crippen molar-refractivity contribution < 1.29 is 9.84 Å². The van der Waals surface area contributed by atoms with E-state index in [9.17, 15) is 5.11 Å². The van der Waals surface area contributed by atoms with Crippen molar-refractivity contribution in [2.45, 2.75) is 37.9 Å². The Morgan fingerprint density at radius 3 is 2.92 bits per heavy atom. The van der Waals surface area contributed by atoms with Gasteiger partial charge in [-0.3, -0.25) is 0 Å². The second-order valence-corrected chi connectivity index (χ2v) is 3.74. The Bertz CT molecular complexity index is 151. The van der Waals surface area contributed by atoms with Gasteiger partial charge in [-0.2, -0.15) is 0 Å². The number of nitrogens with two attached hydrogens (primary N) is 1. The molecule has 12 heavy (non-hydrogen) atoms. The Hall–Kier alpha value is -0.120. The summed E-state index contributed by atoms with van der Waals surface area (Å²) in [4.78, 5) is 0. The molecule has 1 rings (SSSR count). The first-order valence-corrected chi connectivity index (χ1v) is 4.60. The van der Waals surface area contributed by atoms with Crippen LogP contribution in [0.4, 0.5) is 0 Å². The molecule has 0 aliphatic heterocycles. The van der Waals surface area contributed by atoms with E-state index in [0.29, 0.717) is 6.54 Å². The summed E-state index contributed by atoms with van der Waals surface area (Å²) in [7, 11) is 1.66. The van der Waals surface area contributed by atoms with Gasteiger partial charge in [0.25, 0.3) is 0 Å². The Labute approximate surface area is 73.9 Å². The lowest BCUT2D eigenvalue weighted by atomic mass is 9.85. The van der Waals surface area contributed by atoms with Gasteiger partial charge in [0.15, 0.2) is 0 Å². The minimum absolute atomic E-state index is 0.0175. The standard InChI is InChI=1S/C9H19NO2/c1-7(6-10)9(11)5-3-4-8(9)12-2/h7-8,11H,3-6,10H2,1-2H3. The largest absolute Gasteiger partial charge is 0.387 e. The fourth-order valence-corrected chi connectivity index (χ4v) is 2.07. The Morgan fingerprint density at radius 2 is 2.42 bits per heavy atom. The highest BCUT2D eigenvalue weighted by atomic mass is 16.5. The van der Waals surface area contributed by atoms with E-state index in [4.69, 9.17) is 10.5 Å². The third-order valence-electron chi connectivity index (χ3n) is 3.09. The predicted octanol–water partition coefficient (Wildman–Crippen LogP) is 0.511. The first-order chi connectivity index (χ1) is 5.65. The highest BCUT2D eigenvalue weighted by molar-refractivity contribution is 4.97. The topological polar surface area (TPSA) is 55.5 Å². The van der Waals surface area contributed by atoms with Crippen LogP contribution in [0.15, 0.2) is 0 Å². The van der Waals surface area contributed by atoms with Crippen LogP contribution in [0.5, 0.6) is 0 Å². The van der Waals surface area contributed by atoms with Gasteiger partial charge in [0.2, 0.25) is 0 Å². The maximum Gasteiger partial charge on any atom is 0.0945 e. The summed E-state index contributed by atoms with van der Waals surface area (Å²) in [6.45, 7) is 2.51. The van der Waals surface area contributed by atoms with Crippen molar-refractivity contribution in [3.63, 3.8) is 0 Å². The number of aliphatic hydroxyl groups is 1. The monoisotopic (exact) mass is 173 g/mol. The number of ether oxygens (including phenoxy) is 1. The van der Waals surface area contributed by atoms with E-state index >= 15 is 0 Å². The molecule has 0 aromatic rings. The Morgan fingerprint density at radius 1 is 1.75 bits per heavy atom. The molecule has 3 heteroatoms. The zero-order valence-corrected chi connectivity index (χ0v) is 7.92. The van der Waals surface area contributed by atoms with E-state index in [1.165, 1.54) is 0 Å². The second kappa shape index (κ2) is 3.73. The molecule has 0 spiro atoms. The first kappa shape index (κ1) is 9.96. The van der Waals surface area contributed by atoms with Gasteiger partial charge in [-0.15, -0.1) is 0 Å². The minimum atomic E-state index is -0.677. The van der Waals surface area contributed by atoms with Gasteiger partial charge in [0.05, 0.1) is 11.7 Å². The van der Waals surface area contributed by atoms with Crippen molar-refractivity contribution in [1.82, 2.24) is 0 Å². The van der Waals surface area contributed by atoms with Crippen LogP contribution in [0, 0.1) is 5.92 Å². The van der Waals surface area contributed by atoms with Gasteiger partial charge in [-0.25, -0.2) is 0 Å². The lowest BCUT2D eigenvalue weighted by Crippen LogP contribution is -2.47. The van der Waals surface area contributed by atoms with Crippen molar-refractivity contribution in [1.29, 1.82) is 0 Å². The van der Waals surface area contributed by atoms with Crippen LogP contribution in [0.25, 0.3) is 0 Å². The van der Waals surface area contributed by atoms with Gasteiger partial charge in [-0.1, -0.05) is 6.92 Å². The summed E-state index contributed by atoms with van der Waals surface area (Å²) in [6.07, 6.45) is 2.80. The van der Waals surface area contributed by atoms with Crippen LogP contribution in [-0.4, -0.2) is 30.5 Å². The number of hydrogen-bond donors (Lipinski definition) is 2. The lowest BCUT2D eigenvalue weighted by Gasteiger charge is -2.34. The summed E-state index contributed by atoms with van der Waals surface area (Å²) < 4.78 is 5.24. The first-order valence-electron chi connectivity index (χ1n) is 4.60. The lowest BCUT2D eigenvalue weighted by molar-refractivity contribution is -0.102. The van der Waals surface area contributed by atoms with Crippen LogP contribution in [0.1, 0.15) is 26.2 Å². The average molecular weight is 173 g/mol. The summed E-state index contributed by atoms with van der Waals surface area (Å²) in [6, 6.07) is 0. The van der Waals surface area contributed by atoms with E-state index < -0.39 is 5.60 Å². The third kappa shape index (κ3) is 1.49. The summed E-state index contributed by atoms with van der Waals surface area (Å²) in [5.74, 6) is 0.130. The van der Waals surface area contributed by atoms with E-state index in [-0.39, 0.29) is 12.0 Å². The van der Waals surface area contributed by atoms with Crippen LogP contribution in [-0.2, 0) is 4.74 Å². The van der Waals surface area contributed by atoms with E-state index in [1.54, 1.807) is 7.11 Å². The highest BCUT2D eigenvalue weighted by Gasteiger charge is 2.44. The quantitative estimate of drug-likeness (QED) is 0.654. The molecule has 1 aliphatic carbocycles. The molecule has 3 N–H and O–H groups in total. The molecule has 0 heterocycles. The van der Waals surface area contributed by atoms with Gasteiger partial charge in [0, 0.05) is 7.11 Å². The average Bonchev–Trinajstić information content (AvgIpc) is 2.46. The van der Waals surface area contributed by atoms with Crippen LogP contribution in [0.2, 0.25) is 0 Å². The van der Waals surface area contributed by atoms with Crippen LogP contribution >= 0.6 is 0 Å². The predicted molar refractivity (Wildman–Crippen MR) is 47.8 cm³/mol. The molecular weight excluding hydrogens is 154 g/mol. The van der Waals surface area contributed by atoms with E-state index in [2.05, 4.69) is 0 Å². The molecule has 0 aromatic heterocycles. The summed E-state index contributed by atoms with van der Waals surface area (Å²) in [5, 5.41) is 10.2. The molecule has 1 aliphatic rings. The SMILES string of the molecule is COC1CCCC1(O)C(C)CN. The zero-order chi connectivity index (χ0) is 9.19. The molecule has 0 amide bonds. The molecular formula is C9H19NO2. The summed E-state index contributed by atoms with van der Waals surface area (Å²) >= 11 is 0. The fourth-order valence-electron chi connectivity index (χ4n) is 2.07. The summed E-state index contributed by atoms with van der Waals surface area (Å²) in [5.41, 5.74) is 4.86. The van der Waals surface area contributed by atoms with Crippen LogP contribution in [0.3, 0.4) is 0 Å². The smallest absolute Gasteiger partial charge is 0.0945 e. The van der Waals surface area contributed by atoms with Crippen molar-refractivity contribution in [3.8, 4) is 0 Å². The number of methoxy groups -OCH3 is 1. The maximum atomic E-state index is 10.2. The molecule has 0 aromatic carbocycles. The minimum Gasteiger partial charge on any atom is -0.387 e. The van der Waals surface area contributed by atoms with Gasteiger partial charge >= 0.3 is 0 Å². The normalized spacial score (nSPS) is 38.5. The molecule has 72 valence electrons. The highest BCUT2D eigenvalue weighted by Crippen LogP contribution is 2.37. The van der Waals surface area contributed by atoms with Crippen molar-refractivity contribution in [2.75, 3.05) is 13.7 Å². The van der Waals surface area contributed by atoms with Crippen LogP contribution < -0.4 is 5.73 Å². The Balaban J connectivity index is 2.67. The molecule has 0 radical (unpaired) electrons. The number of rotatable bonds is 3. The molecule has 0 bridgehead atoms. The van der Waals surface area contributed by atoms with Gasteiger partial charge in [0.1, 0.15) is 0 Å². The Kier molecular flexibility index (Phi) is 3.09. The van der Waals surface area contributed by atoms with Crippen molar-refractivity contribution >= 4 is 0 Å². The van der Waals surface area contributed by atoms with E-state index in [0.717, 1.165) is 19.3 Å². The second-order valence-electron chi connectivity index (χ2n) is 3.74. The van der Waals surface area contributed by atoms with Gasteiger partial charge < -0.3 is 15.6 Å². The molecule has 3 unspecified atom stereocenters. The van der Waals surface area contributed by atoms with Crippen molar-refractivity contribution in [2.24, 2.45) is 11.7 Å². The van der Waals surface area contributed by atoms with Crippen molar-refractivity contribution in [3.05, 3.63) is 0 Å². The maximum absolute atomic E-state index is 10.2. The third-order valence-corrected chi connectivity index (χ3v) is 3.09. The molecule has 1 saturated carbocycles. The molecule has 1 fully saturated rings. The van der Waals surface area contributed by atoms with Gasteiger partial charge in [-0.05, 0) is 31.7 Å². The molecule has 3 nitrogen and oxygen atoms in total. The fraction of sp³-hybridized carbons (Fsp3) is 1.00. The van der Waals surface area contributed by atoms with E-state index in [1.807, 2.05) is 6.92 Å². The zero-order valence-electron chi connectivity index (χ0n) is 7.92. The molecule has 3 atom stereocenters. The number of hydrogen-bond acceptors (Lipinski definition) is 3. The molecule has 0 saturated heterocycles.